The number of ketones is 1. The largest absolute Gasteiger partial charge is 0.494 e. The number of carbonyl (C=O) groups is 2. The summed E-state index contributed by atoms with van der Waals surface area (Å²) in [6, 6.07) is 15.4. The average molecular weight is 508 g/mol. The van der Waals surface area contributed by atoms with Crippen LogP contribution in [-0.4, -0.2) is 25.0 Å². The highest BCUT2D eigenvalue weighted by molar-refractivity contribution is 6.30. The highest BCUT2D eigenvalue weighted by Crippen LogP contribution is 2.46. The fraction of sp³-hybridized carbons (Fsp3) is 0.400. The topological polar surface area (TPSA) is 64.6 Å². The second-order valence-corrected chi connectivity index (χ2v) is 10.4. The van der Waals surface area contributed by atoms with E-state index in [0.29, 0.717) is 42.2 Å². The Balaban J connectivity index is 1.72. The molecule has 1 aliphatic heterocycles. The van der Waals surface area contributed by atoms with Gasteiger partial charge in [-0.15, -0.1) is 0 Å². The summed E-state index contributed by atoms with van der Waals surface area (Å²) in [6.07, 6.45) is 1.98. The molecule has 2 aromatic carbocycles. The number of Topliss-reactive ketones (excluding diaryl/α,β-unsaturated/α-hetero) is 1. The standard InChI is InChI=1S/C30H34ClNO4/c1-5-14-35-24-12-8-21(9-13-24)28-27(30(34)36-17-18(2)3)19(4)32-25-15-22(16-26(33)29(25)28)20-6-10-23(31)11-7-20/h6-13,18,22,28,32H,5,14-17H2,1-4H3/t22-,28-/m0/s1. The predicted octanol–water partition coefficient (Wildman–Crippen LogP) is 6.69. The van der Waals surface area contributed by atoms with E-state index in [4.69, 9.17) is 21.1 Å². The molecule has 0 bridgehead atoms. The molecule has 1 N–H and O–H groups in total. The zero-order chi connectivity index (χ0) is 25.8. The molecule has 2 atom stereocenters. The van der Waals surface area contributed by atoms with Crippen molar-refractivity contribution >= 4 is 23.4 Å². The van der Waals surface area contributed by atoms with Crippen LogP contribution in [0.5, 0.6) is 5.75 Å². The molecule has 0 radical (unpaired) electrons. The van der Waals surface area contributed by atoms with Crippen molar-refractivity contribution in [2.75, 3.05) is 13.2 Å². The molecule has 5 nitrogen and oxygen atoms in total. The van der Waals surface area contributed by atoms with Crippen molar-refractivity contribution in [1.82, 2.24) is 5.32 Å². The van der Waals surface area contributed by atoms with Gasteiger partial charge in [0.2, 0.25) is 0 Å². The number of allylic oxidation sites excluding steroid dienone is 3. The number of dihydropyridines is 1. The van der Waals surface area contributed by atoms with Gasteiger partial charge in [-0.3, -0.25) is 4.79 Å². The van der Waals surface area contributed by atoms with E-state index in [0.717, 1.165) is 34.7 Å². The Morgan fingerprint density at radius 3 is 2.36 bits per heavy atom. The van der Waals surface area contributed by atoms with Crippen LogP contribution in [0.2, 0.25) is 5.02 Å². The van der Waals surface area contributed by atoms with Gasteiger partial charge in [0.15, 0.2) is 5.78 Å². The summed E-state index contributed by atoms with van der Waals surface area (Å²) in [5, 5.41) is 4.08. The molecule has 4 rings (SSSR count). The van der Waals surface area contributed by atoms with Crippen LogP contribution in [0.4, 0.5) is 0 Å². The van der Waals surface area contributed by atoms with Crippen LogP contribution in [0, 0.1) is 5.92 Å². The van der Waals surface area contributed by atoms with E-state index in [1.54, 1.807) is 0 Å². The van der Waals surface area contributed by atoms with Gasteiger partial charge in [0, 0.05) is 34.3 Å². The smallest absolute Gasteiger partial charge is 0.336 e. The van der Waals surface area contributed by atoms with Crippen molar-refractivity contribution in [3.63, 3.8) is 0 Å². The fourth-order valence-electron chi connectivity index (χ4n) is 4.91. The number of benzene rings is 2. The second-order valence-electron chi connectivity index (χ2n) is 9.98. The predicted molar refractivity (Wildman–Crippen MR) is 142 cm³/mol. The monoisotopic (exact) mass is 507 g/mol. The molecule has 2 aromatic rings. The molecule has 190 valence electrons. The molecule has 6 heteroatoms. The number of halogens is 1. The van der Waals surface area contributed by atoms with Crippen LogP contribution < -0.4 is 10.1 Å². The molecule has 0 aromatic heterocycles. The molecule has 1 aliphatic carbocycles. The minimum atomic E-state index is -0.486. The lowest BCUT2D eigenvalue weighted by Crippen LogP contribution is -2.36. The summed E-state index contributed by atoms with van der Waals surface area (Å²) >= 11 is 6.08. The summed E-state index contributed by atoms with van der Waals surface area (Å²) in [7, 11) is 0. The van der Waals surface area contributed by atoms with E-state index in [1.165, 1.54) is 0 Å². The quantitative estimate of drug-likeness (QED) is 0.403. The average Bonchev–Trinajstić information content (AvgIpc) is 2.85. The number of esters is 1. The zero-order valence-electron chi connectivity index (χ0n) is 21.4. The first-order valence-corrected chi connectivity index (χ1v) is 13.1. The first-order valence-electron chi connectivity index (χ1n) is 12.7. The highest BCUT2D eigenvalue weighted by Gasteiger charge is 2.41. The second kappa shape index (κ2) is 11.3. The first kappa shape index (κ1) is 26.0. The van der Waals surface area contributed by atoms with Gasteiger partial charge in [-0.1, -0.05) is 56.6 Å². The molecule has 0 saturated carbocycles. The summed E-state index contributed by atoms with van der Waals surface area (Å²) in [4.78, 5) is 27.0. The van der Waals surface area contributed by atoms with E-state index >= 15 is 0 Å². The SMILES string of the molecule is CCCOc1ccc([C@H]2C(C(=O)OCC(C)C)=C(C)NC3=C2C(=O)C[C@@H](c2ccc(Cl)cc2)C3)cc1. The fourth-order valence-corrected chi connectivity index (χ4v) is 5.04. The minimum absolute atomic E-state index is 0.0432. The maximum atomic E-state index is 13.7. The van der Waals surface area contributed by atoms with Gasteiger partial charge in [-0.2, -0.15) is 0 Å². The molecule has 0 unspecified atom stereocenters. The Bertz CT molecular complexity index is 1180. The highest BCUT2D eigenvalue weighted by atomic mass is 35.5. The molecule has 0 amide bonds. The summed E-state index contributed by atoms with van der Waals surface area (Å²) in [5.74, 6) is 0.205. The van der Waals surface area contributed by atoms with Gasteiger partial charge >= 0.3 is 5.97 Å². The van der Waals surface area contributed by atoms with Crippen molar-refractivity contribution in [3.8, 4) is 5.75 Å². The Morgan fingerprint density at radius 1 is 1.06 bits per heavy atom. The number of rotatable bonds is 8. The van der Waals surface area contributed by atoms with Crippen LogP contribution in [-0.2, 0) is 14.3 Å². The molecule has 36 heavy (non-hydrogen) atoms. The van der Waals surface area contributed by atoms with Crippen molar-refractivity contribution < 1.29 is 19.1 Å². The van der Waals surface area contributed by atoms with E-state index < -0.39 is 5.92 Å². The van der Waals surface area contributed by atoms with Crippen LogP contribution in [0.3, 0.4) is 0 Å². The lowest BCUT2D eigenvalue weighted by Gasteiger charge is -2.36. The Morgan fingerprint density at radius 2 is 1.72 bits per heavy atom. The van der Waals surface area contributed by atoms with Crippen molar-refractivity contribution in [2.45, 2.75) is 58.8 Å². The molecule has 0 fully saturated rings. The molecular weight excluding hydrogens is 474 g/mol. The third-order valence-corrected chi connectivity index (χ3v) is 6.87. The molecule has 0 spiro atoms. The summed E-state index contributed by atoms with van der Waals surface area (Å²) < 4.78 is 11.4. The van der Waals surface area contributed by atoms with Gasteiger partial charge in [0.25, 0.3) is 0 Å². The normalized spacial score (nSPS) is 19.8. The first-order chi connectivity index (χ1) is 17.3. The number of hydrogen-bond donors (Lipinski definition) is 1. The maximum Gasteiger partial charge on any atom is 0.336 e. The number of nitrogens with one attached hydrogen (secondary N) is 1. The number of carbonyl (C=O) groups excluding carboxylic acids is 2. The van der Waals surface area contributed by atoms with Gasteiger partial charge in [-0.25, -0.2) is 4.79 Å². The van der Waals surface area contributed by atoms with Crippen LogP contribution >= 0.6 is 11.6 Å². The minimum Gasteiger partial charge on any atom is -0.494 e. The van der Waals surface area contributed by atoms with Crippen LogP contribution in [0.25, 0.3) is 0 Å². The van der Waals surface area contributed by atoms with Crippen molar-refractivity contribution in [1.29, 1.82) is 0 Å². The third kappa shape index (κ3) is 5.67. The van der Waals surface area contributed by atoms with Gasteiger partial charge < -0.3 is 14.8 Å². The summed E-state index contributed by atoms with van der Waals surface area (Å²) in [5.41, 5.74) is 4.71. The van der Waals surface area contributed by atoms with E-state index in [1.807, 2.05) is 69.3 Å². The number of hydrogen-bond acceptors (Lipinski definition) is 5. The van der Waals surface area contributed by atoms with Gasteiger partial charge in [-0.05, 0) is 67.0 Å². The lowest BCUT2D eigenvalue weighted by atomic mass is 9.71. The Labute approximate surface area is 218 Å². The molecule has 2 aliphatic rings. The van der Waals surface area contributed by atoms with E-state index in [-0.39, 0.29) is 23.6 Å². The van der Waals surface area contributed by atoms with Gasteiger partial charge in [0.1, 0.15) is 5.75 Å². The lowest BCUT2D eigenvalue weighted by molar-refractivity contribution is -0.140. The Kier molecular flexibility index (Phi) is 8.20. The van der Waals surface area contributed by atoms with Crippen molar-refractivity contribution in [3.05, 3.63) is 87.2 Å². The third-order valence-electron chi connectivity index (χ3n) is 6.62. The summed E-state index contributed by atoms with van der Waals surface area (Å²) in [6.45, 7) is 8.91. The molecular formula is C30H34ClNO4. The van der Waals surface area contributed by atoms with E-state index in [2.05, 4.69) is 12.2 Å². The zero-order valence-corrected chi connectivity index (χ0v) is 22.2. The van der Waals surface area contributed by atoms with Crippen LogP contribution in [0.1, 0.15) is 69.9 Å². The van der Waals surface area contributed by atoms with Crippen LogP contribution in [0.15, 0.2) is 71.1 Å². The maximum absolute atomic E-state index is 13.7. The van der Waals surface area contributed by atoms with Crippen molar-refractivity contribution in [2.24, 2.45) is 5.92 Å². The number of ether oxygens (including phenoxy) is 2. The van der Waals surface area contributed by atoms with Gasteiger partial charge in [0.05, 0.1) is 18.8 Å². The molecule has 1 heterocycles. The van der Waals surface area contributed by atoms with E-state index in [9.17, 15) is 9.59 Å². The molecule has 0 saturated heterocycles. The Hall–Kier alpha value is -3.05.